The van der Waals surface area contributed by atoms with Crippen LogP contribution >= 0.6 is 0 Å². The molecule has 0 rings (SSSR count). The van der Waals surface area contributed by atoms with Crippen molar-refractivity contribution in [2.75, 3.05) is 13.4 Å². The molecule has 0 atom stereocenters. The molecule has 0 aliphatic rings. The van der Waals surface area contributed by atoms with Gasteiger partial charge in [-0.05, 0) is 0 Å². The van der Waals surface area contributed by atoms with Gasteiger partial charge in [0.05, 0.1) is 0 Å². The quantitative estimate of drug-likeness (QED) is 0.243. The van der Waals surface area contributed by atoms with Gasteiger partial charge in [-0.25, -0.2) is 4.18 Å². The second-order valence-corrected chi connectivity index (χ2v) is 2.72. The van der Waals surface area contributed by atoms with Gasteiger partial charge in [-0.1, -0.05) is 0 Å². The first-order valence-corrected chi connectivity index (χ1v) is 3.83. The Bertz CT molecular complexity index is 229. The van der Waals surface area contributed by atoms with E-state index in [0.717, 1.165) is 0 Å². The van der Waals surface area contributed by atoms with Gasteiger partial charge in [-0.3, -0.25) is 4.55 Å². The molecule has 0 aromatic rings. The molecule has 0 aliphatic heterocycles. The van der Waals surface area contributed by atoms with Crippen molar-refractivity contribution in [2.24, 2.45) is 0 Å². The van der Waals surface area contributed by atoms with E-state index in [1.54, 1.807) is 0 Å². The van der Waals surface area contributed by atoms with Crippen molar-refractivity contribution in [3.63, 3.8) is 0 Å². The summed E-state index contributed by atoms with van der Waals surface area (Å²) in [6.07, 6.45) is -4.55. The van der Waals surface area contributed by atoms with Crippen LogP contribution in [0.3, 0.4) is 0 Å². The van der Waals surface area contributed by atoms with Gasteiger partial charge >= 0.3 is 35.4 Å². The van der Waals surface area contributed by atoms with Crippen molar-refractivity contribution >= 4 is 10.4 Å². The minimum absolute atomic E-state index is 0. The van der Waals surface area contributed by atoms with Crippen LogP contribution in [0.1, 0.15) is 1.43 Å². The fourth-order valence-electron chi connectivity index (χ4n) is 0.252. The maximum atomic E-state index is 11.3. The Hall–Kier alpha value is 0.217. The van der Waals surface area contributed by atoms with Crippen LogP contribution in [0, 0.1) is 0 Å². The molecule has 0 aromatic heterocycles. The Balaban J connectivity index is -0.000000605. The van der Waals surface area contributed by atoms with Crippen LogP contribution in [-0.4, -0.2) is 32.5 Å². The fraction of sp³-hybridized carbons (Fsp3) is 1.00. The van der Waals surface area contributed by atoms with E-state index in [4.69, 9.17) is 4.55 Å². The maximum absolute atomic E-state index is 11.3. The Kier molecular flexibility index (Phi) is 7.05. The van der Waals surface area contributed by atoms with Gasteiger partial charge in [0.15, 0.2) is 6.79 Å². The van der Waals surface area contributed by atoms with Crippen molar-refractivity contribution < 1.29 is 55.3 Å². The summed E-state index contributed by atoms with van der Waals surface area (Å²) in [5.41, 5.74) is 0. The van der Waals surface area contributed by atoms with Crippen molar-refractivity contribution in [2.45, 2.75) is 6.18 Å². The molecule has 0 fully saturated rings. The molecule has 0 unspecified atom stereocenters. The number of alkyl halides is 3. The Morgan fingerprint density at radius 3 is 2.15 bits per heavy atom. The van der Waals surface area contributed by atoms with Crippen LogP contribution in [-0.2, 0) is 19.3 Å². The third kappa shape index (κ3) is 15.0. The van der Waals surface area contributed by atoms with E-state index in [2.05, 4.69) is 8.92 Å². The first-order chi connectivity index (χ1) is 5.21. The minimum atomic E-state index is -4.73. The zero-order chi connectivity index (χ0) is 9.83. The number of hydrogen-bond acceptors (Lipinski definition) is 4. The number of halogens is 3. The third-order valence-electron chi connectivity index (χ3n) is 0.546. The molecule has 13 heavy (non-hydrogen) atoms. The molecule has 0 aliphatic carbocycles. The van der Waals surface area contributed by atoms with Gasteiger partial charge < -0.3 is 6.16 Å². The van der Waals surface area contributed by atoms with E-state index in [0.29, 0.717) is 0 Å². The zero-order valence-corrected chi connectivity index (χ0v) is 7.35. The molecule has 0 aromatic carbocycles. The van der Waals surface area contributed by atoms with Crippen molar-refractivity contribution in [3.8, 4) is 0 Å². The molecule has 0 bridgehead atoms. The number of ether oxygens (including phenoxy) is 1. The van der Waals surface area contributed by atoms with Crippen LogP contribution < -0.4 is 18.9 Å². The molecule has 10 heteroatoms. The molecule has 0 amide bonds. The summed E-state index contributed by atoms with van der Waals surface area (Å²) in [5.74, 6) is 0. The first kappa shape index (κ1) is 15.7. The summed E-state index contributed by atoms with van der Waals surface area (Å²) in [4.78, 5) is 0. The summed E-state index contributed by atoms with van der Waals surface area (Å²) in [6, 6.07) is 0. The van der Waals surface area contributed by atoms with E-state index in [-0.39, 0.29) is 20.3 Å². The summed E-state index contributed by atoms with van der Waals surface area (Å²) in [7, 11) is -4.73. The van der Waals surface area contributed by atoms with Gasteiger partial charge in [0.1, 0.15) is 6.61 Å². The summed E-state index contributed by atoms with van der Waals surface area (Å²) in [6.45, 7) is -2.80. The van der Waals surface area contributed by atoms with Crippen molar-refractivity contribution in [3.05, 3.63) is 0 Å². The largest absolute Gasteiger partial charge is 1.00 e. The normalized spacial score (nSPS) is 12.3. The van der Waals surface area contributed by atoms with Gasteiger partial charge in [0, 0.05) is 0 Å². The van der Waals surface area contributed by atoms with Crippen LogP contribution in [0.2, 0.25) is 0 Å². The Morgan fingerprint density at radius 1 is 1.38 bits per heavy atom. The van der Waals surface area contributed by atoms with E-state index >= 15 is 0 Å². The van der Waals surface area contributed by atoms with Gasteiger partial charge in [-0.2, -0.15) is 21.6 Å². The van der Waals surface area contributed by atoms with Crippen molar-refractivity contribution in [1.82, 2.24) is 0 Å². The maximum Gasteiger partial charge on any atom is 1.00 e. The molecule has 1 N–H and O–H groups in total. The van der Waals surface area contributed by atoms with Gasteiger partial charge in [0.25, 0.3) is 0 Å². The monoisotopic (exact) mass is 218 g/mol. The number of rotatable bonds is 4. The first-order valence-electron chi connectivity index (χ1n) is 2.47. The molecule has 0 spiro atoms. The van der Waals surface area contributed by atoms with Crippen LogP contribution in [0.25, 0.3) is 0 Å². The van der Waals surface area contributed by atoms with E-state index in [9.17, 15) is 21.6 Å². The Labute approximate surface area is 85.8 Å². The molecular formula is C3H6F3LiO5S. The second-order valence-electron chi connectivity index (χ2n) is 1.63. The topological polar surface area (TPSA) is 72.8 Å². The third-order valence-corrected chi connectivity index (χ3v) is 0.940. The SMILES string of the molecule is O=S(=O)(O)OCOCC(F)(F)F.[H-].[Li+]. The molecule has 5 nitrogen and oxygen atoms in total. The van der Waals surface area contributed by atoms with Crippen LogP contribution in [0.5, 0.6) is 0 Å². The minimum Gasteiger partial charge on any atom is -1.00 e. The second kappa shape index (κ2) is 5.85. The molecule has 0 saturated carbocycles. The van der Waals surface area contributed by atoms with E-state index in [1.807, 2.05) is 0 Å². The van der Waals surface area contributed by atoms with Gasteiger partial charge in [-0.15, -0.1) is 0 Å². The van der Waals surface area contributed by atoms with Crippen LogP contribution in [0.15, 0.2) is 0 Å². The summed E-state index contributed by atoms with van der Waals surface area (Å²) < 4.78 is 68.3. The Morgan fingerprint density at radius 2 is 1.85 bits per heavy atom. The molecular weight excluding hydrogens is 212 g/mol. The molecule has 76 valence electrons. The van der Waals surface area contributed by atoms with Gasteiger partial charge in [0.2, 0.25) is 0 Å². The smallest absolute Gasteiger partial charge is 1.00 e. The predicted molar refractivity (Wildman–Crippen MR) is 30.6 cm³/mol. The average molecular weight is 218 g/mol. The predicted octanol–water partition coefficient (Wildman–Crippen LogP) is -2.54. The molecule has 0 radical (unpaired) electrons. The number of hydrogen-bond donors (Lipinski definition) is 1. The molecule has 0 saturated heterocycles. The standard InChI is InChI=1S/C3H5F3O5S.Li.H/c4-3(5,6)1-10-2-11-12(7,8)9;;/h1-2H2,(H,7,8,9);;/q;+1;-1. The summed E-state index contributed by atoms with van der Waals surface area (Å²) >= 11 is 0. The van der Waals surface area contributed by atoms with E-state index < -0.39 is 30.0 Å². The fourth-order valence-corrected chi connectivity index (χ4v) is 0.442. The van der Waals surface area contributed by atoms with Crippen molar-refractivity contribution in [1.29, 1.82) is 0 Å². The average Bonchev–Trinajstić information content (AvgIpc) is 1.76. The van der Waals surface area contributed by atoms with E-state index in [1.165, 1.54) is 0 Å². The molecule has 0 heterocycles. The zero-order valence-electron chi connectivity index (χ0n) is 7.54. The summed E-state index contributed by atoms with van der Waals surface area (Å²) in [5, 5.41) is 0. The van der Waals surface area contributed by atoms with Crippen LogP contribution in [0.4, 0.5) is 13.2 Å².